The Balaban J connectivity index is 2.19. The Morgan fingerprint density at radius 3 is 2.43 bits per heavy atom. The Kier molecular flexibility index (Phi) is 3.98. The van der Waals surface area contributed by atoms with Crippen LogP contribution in [0.4, 0.5) is 0 Å². The Labute approximate surface area is 134 Å². The van der Waals surface area contributed by atoms with Crippen LogP contribution in [0.3, 0.4) is 0 Å². The van der Waals surface area contributed by atoms with Gasteiger partial charge in [-0.25, -0.2) is 0 Å². The molecular weight excluding hydrogens is 290 g/mol. The van der Waals surface area contributed by atoms with Crippen LogP contribution in [0.1, 0.15) is 27.2 Å². The van der Waals surface area contributed by atoms with Crippen molar-refractivity contribution < 1.29 is 14.3 Å². The molecule has 0 atom stereocenters. The van der Waals surface area contributed by atoms with Crippen LogP contribution in [0, 0.1) is 6.92 Å². The van der Waals surface area contributed by atoms with Crippen molar-refractivity contribution in [2.45, 2.75) is 13.3 Å². The number of aromatic nitrogens is 1. The summed E-state index contributed by atoms with van der Waals surface area (Å²) >= 11 is 0. The van der Waals surface area contributed by atoms with Crippen molar-refractivity contribution in [1.82, 2.24) is 4.40 Å². The minimum Gasteiger partial charge on any atom is -0.469 e. The molecule has 0 bridgehead atoms. The number of carbonyl (C=O) groups is 2. The first-order valence-electron chi connectivity index (χ1n) is 7.38. The molecule has 3 aromatic rings. The summed E-state index contributed by atoms with van der Waals surface area (Å²) in [6, 6.07) is 14.8. The van der Waals surface area contributed by atoms with Crippen LogP contribution < -0.4 is 0 Å². The third kappa shape index (κ3) is 2.63. The number of ketones is 1. The maximum absolute atomic E-state index is 12.9. The van der Waals surface area contributed by atoms with Crippen LogP contribution in [0.2, 0.25) is 0 Å². The van der Waals surface area contributed by atoms with Crippen molar-refractivity contribution in [3.05, 3.63) is 77.1 Å². The molecule has 0 N–H and O–H groups in total. The van der Waals surface area contributed by atoms with Gasteiger partial charge in [0, 0.05) is 17.5 Å². The maximum Gasteiger partial charge on any atom is 0.311 e. The highest BCUT2D eigenvalue weighted by atomic mass is 16.5. The van der Waals surface area contributed by atoms with Gasteiger partial charge in [0.1, 0.15) is 0 Å². The summed E-state index contributed by atoms with van der Waals surface area (Å²) in [5.74, 6) is -0.363. The summed E-state index contributed by atoms with van der Waals surface area (Å²) in [6.07, 6.45) is 2.00. The van der Waals surface area contributed by atoms with Crippen LogP contribution in [-0.4, -0.2) is 23.3 Å². The average molecular weight is 307 g/mol. The first kappa shape index (κ1) is 15.0. The number of fused-ring (bicyclic) bond motifs is 1. The zero-order valence-corrected chi connectivity index (χ0v) is 13.1. The van der Waals surface area contributed by atoms with Crippen molar-refractivity contribution in [2.75, 3.05) is 7.11 Å². The van der Waals surface area contributed by atoms with Gasteiger partial charge in [-0.15, -0.1) is 0 Å². The molecule has 116 valence electrons. The summed E-state index contributed by atoms with van der Waals surface area (Å²) in [6.45, 7) is 1.88. The van der Waals surface area contributed by atoms with E-state index in [4.69, 9.17) is 4.74 Å². The van der Waals surface area contributed by atoms with Gasteiger partial charge in [-0.2, -0.15) is 0 Å². The third-order valence-corrected chi connectivity index (χ3v) is 4.02. The van der Waals surface area contributed by atoms with E-state index in [1.165, 1.54) is 7.11 Å². The van der Waals surface area contributed by atoms with E-state index in [9.17, 15) is 9.59 Å². The Morgan fingerprint density at radius 2 is 1.74 bits per heavy atom. The number of esters is 1. The fourth-order valence-electron chi connectivity index (χ4n) is 2.85. The zero-order valence-electron chi connectivity index (χ0n) is 13.1. The van der Waals surface area contributed by atoms with Crippen molar-refractivity contribution in [3.63, 3.8) is 0 Å². The van der Waals surface area contributed by atoms with Gasteiger partial charge in [-0.1, -0.05) is 36.4 Å². The molecule has 0 spiro atoms. The molecule has 0 radical (unpaired) electrons. The van der Waals surface area contributed by atoms with Crippen molar-refractivity contribution in [3.8, 4) is 0 Å². The number of hydrogen-bond donors (Lipinski definition) is 0. The summed E-state index contributed by atoms with van der Waals surface area (Å²) in [4.78, 5) is 24.6. The smallest absolute Gasteiger partial charge is 0.311 e. The average Bonchev–Trinajstić information content (AvgIpc) is 2.87. The van der Waals surface area contributed by atoms with E-state index in [1.807, 2.05) is 53.9 Å². The Hall–Kier alpha value is -2.88. The molecule has 0 amide bonds. The van der Waals surface area contributed by atoms with E-state index in [1.54, 1.807) is 12.1 Å². The van der Waals surface area contributed by atoms with E-state index < -0.39 is 0 Å². The summed E-state index contributed by atoms with van der Waals surface area (Å²) in [5.41, 5.74) is 3.67. The Morgan fingerprint density at radius 1 is 1.04 bits per heavy atom. The van der Waals surface area contributed by atoms with E-state index in [0.717, 1.165) is 16.8 Å². The van der Waals surface area contributed by atoms with E-state index >= 15 is 0 Å². The normalized spacial score (nSPS) is 10.7. The number of hydrogen-bond acceptors (Lipinski definition) is 3. The molecule has 4 heteroatoms. The van der Waals surface area contributed by atoms with Crippen LogP contribution in [0.5, 0.6) is 0 Å². The fraction of sp³-hybridized carbons (Fsp3) is 0.158. The predicted octanol–water partition coefficient (Wildman–Crippen LogP) is 3.19. The molecule has 4 nitrogen and oxygen atoms in total. The second kappa shape index (κ2) is 6.08. The number of pyridine rings is 1. The highest BCUT2D eigenvalue weighted by Crippen LogP contribution is 2.26. The van der Waals surface area contributed by atoms with Crippen molar-refractivity contribution >= 4 is 17.3 Å². The number of benzene rings is 1. The van der Waals surface area contributed by atoms with Gasteiger partial charge < -0.3 is 9.14 Å². The van der Waals surface area contributed by atoms with Gasteiger partial charge in [-0.3, -0.25) is 9.59 Å². The van der Waals surface area contributed by atoms with Crippen LogP contribution in [0.25, 0.3) is 5.52 Å². The van der Waals surface area contributed by atoms with Crippen molar-refractivity contribution in [1.29, 1.82) is 0 Å². The molecule has 0 saturated heterocycles. The molecular formula is C19H17NO3. The number of carbonyl (C=O) groups excluding carboxylic acids is 2. The molecule has 0 aliphatic carbocycles. The molecule has 0 unspecified atom stereocenters. The summed E-state index contributed by atoms with van der Waals surface area (Å²) in [7, 11) is 1.36. The molecule has 2 aromatic heterocycles. The van der Waals surface area contributed by atoms with Gasteiger partial charge in [0.25, 0.3) is 0 Å². The standard InChI is InChI=1S/C19H17NO3/c1-13-16(12-17(21)23-2)20-11-7-6-10-15(20)18(13)19(22)14-8-4-3-5-9-14/h3-11H,12H2,1-2H3. The van der Waals surface area contributed by atoms with Gasteiger partial charge in [0.2, 0.25) is 0 Å². The second-order valence-corrected chi connectivity index (χ2v) is 5.35. The summed E-state index contributed by atoms with van der Waals surface area (Å²) in [5, 5.41) is 0. The van der Waals surface area contributed by atoms with Gasteiger partial charge >= 0.3 is 5.97 Å². The Bertz CT molecular complexity index is 878. The topological polar surface area (TPSA) is 47.8 Å². The molecule has 0 aliphatic rings. The summed E-state index contributed by atoms with van der Waals surface area (Å²) < 4.78 is 6.67. The van der Waals surface area contributed by atoms with Gasteiger partial charge in [0.05, 0.1) is 24.6 Å². The van der Waals surface area contributed by atoms with Crippen molar-refractivity contribution in [2.24, 2.45) is 0 Å². The van der Waals surface area contributed by atoms with Gasteiger partial charge in [0.15, 0.2) is 5.78 Å². The molecule has 0 aliphatic heterocycles. The quantitative estimate of drug-likeness (QED) is 0.549. The molecule has 3 rings (SSSR count). The lowest BCUT2D eigenvalue weighted by Crippen LogP contribution is -2.08. The second-order valence-electron chi connectivity index (χ2n) is 5.35. The highest BCUT2D eigenvalue weighted by molar-refractivity contribution is 6.14. The first-order chi connectivity index (χ1) is 11.1. The maximum atomic E-state index is 12.9. The van der Waals surface area contributed by atoms with Gasteiger partial charge in [-0.05, 0) is 24.6 Å². The zero-order chi connectivity index (χ0) is 16.4. The number of ether oxygens (including phenoxy) is 1. The first-order valence-corrected chi connectivity index (χ1v) is 7.38. The SMILES string of the molecule is COC(=O)Cc1c(C)c(C(=O)c2ccccc2)c2ccccn12. The molecule has 0 saturated carbocycles. The monoisotopic (exact) mass is 307 g/mol. The molecule has 2 heterocycles. The number of nitrogens with zero attached hydrogens (tertiary/aromatic N) is 1. The molecule has 23 heavy (non-hydrogen) atoms. The lowest BCUT2D eigenvalue weighted by atomic mass is 10.00. The fourth-order valence-corrected chi connectivity index (χ4v) is 2.85. The van der Waals surface area contributed by atoms with Crippen LogP contribution in [-0.2, 0) is 16.0 Å². The lowest BCUT2D eigenvalue weighted by Gasteiger charge is -2.02. The minimum atomic E-state index is -0.324. The molecule has 0 fully saturated rings. The van der Waals surface area contributed by atoms with E-state index in [-0.39, 0.29) is 18.2 Å². The lowest BCUT2D eigenvalue weighted by molar-refractivity contribution is -0.139. The number of methoxy groups -OCH3 is 1. The van der Waals surface area contributed by atoms with E-state index in [2.05, 4.69) is 0 Å². The molecule has 1 aromatic carbocycles. The highest BCUT2D eigenvalue weighted by Gasteiger charge is 2.22. The number of rotatable bonds is 4. The minimum absolute atomic E-state index is 0.0390. The van der Waals surface area contributed by atoms with E-state index in [0.29, 0.717) is 11.1 Å². The van der Waals surface area contributed by atoms with Crippen LogP contribution >= 0.6 is 0 Å². The van der Waals surface area contributed by atoms with Crippen LogP contribution in [0.15, 0.2) is 54.7 Å². The predicted molar refractivity (Wildman–Crippen MR) is 87.7 cm³/mol. The largest absolute Gasteiger partial charge is 0.469 e. The third-order valence-electron chi connectivity index (χ3n) is 4.02.